The van der Waals surface area contributed by atoms with Crippen molar-refractivity contribution < 1.29 is 14.3 Å². The zero-order valence-corrected chi connectivity index (χ0v) is 10.6. The van der Waals surface area contributed by atoms with Gasteiger partial charge in [0.25, 0.3) is 0 Å². The Morgan fingerprint density at radius 1 is 1.39 bits per heavy atom. The maximum Gasteiger partial charge on any atom is 0.143 e. The lowest BCUT2D eigenvalue weighted by Gasteiger charge is -2.17. The molecule has 0 N–H and O–H groups in total. The van der Waals surface area contributed by atoms with Crippen molar-refractivity contribution in [3.8, 4) is 5.75 Å². The highest BCUT2D eigenvalue weighted by Gasteiger charge is 2.43. The van der Waals surface area contributed by atoms with Gasteiger partial charge in [0.2, 0.25) is 0 Å². The second kappa shape index (κ2) is 4.73. The molecule has 1 aromatic carbocycles. The minimum Gasteiger partial charge on any atom is -0.496 e. The molecule has 2 aliphatic heterocycles. The molecule has 2 heterocycles. The van der Waals surface area contributed by atoms with Crippen LogP contribution in [0.4, 0.5) is 0 Å². The molecule has 3 rings (SSSR count). The Labute approximate surface area is 107 Å². The zero-order chi connectivity index (χ0) is 12.5. The molecule has 0 spiro atoms. The Morgan fingerprint density at radius 2 is 2.22 bits per heavy atom. The van der Waals surface area contributed by atoms with Crippen LogP contribution in [-0.4, -0.2) is 25.1 Å². The van der Waals surface area contributed by atoms with Crippen molar-refractivity contribution in [2.45, 2.75) is 37.9 Å². The molecule has 3 nitrogen and oxygen atoms in total. The smallest absolute Gasteiger partial charge is 0.143 e. The SMILES string of the molecule is COc1ccccc1CC(=O)C1CC2CCC1O2. The van der Waals surface area contributed by atoms with Gasteiger partial charge in [0, 0.05) is 17.9 Å². The Kier molecular flexibility index (Phi) is 3.08. The summed E-state index contributed by atoms with van der Waals surface area (Å²) in [5, 5.41) is 0. The molecule has 2 fully saturated rings. The molecule has 3 atom stereocenters. The van der Waals surface area contributed by atoms with Gasteiger partial charge in [-0.15, -0.1) is 0 Å². The van der Waals surface area contributed by atoms with Crippen LogP contribution in [0.25, 0.3) is 0 Å². The first kappa shape index (κ1) is 11.7. The molecular formula is C15H18O3. The summed E-state index contributed by atoms with van der Waals surface area (Å²) in [7, 11) is 1.64. The molecule has 0 amide bonds. The van der Waals surface area contributed by atoms with Gasteiger partial charge in [0.1, 0.15) is 11.5 Å². The van der Waals surface area contributed by atoms with Gasteiger partial charge in [-0.3, -0.25) is 4.79 Å². The van der Waals surface area contributed by atoms with Crippen molar-refractivity contribution in [3.05, 3.63) is 29.8 Å². The van der Waals surface area contributed by atoms with Gasteiger partial charge < -0.3 is 9.47 Å². The topological polar surface area (TPSA) is 35.5 Å². The third-order valence-electron chi connectivity index (χ3n) is 4.08. The van der Waals surface area contributed by atoms with Crippen LogP contribution in [0.5, 0.6) is 5.75 Å². The normalized spacial score (nSPS) is 29.5. The lowest BCUT2D eigenvalue weighted by molar-refractivity contribution is -0.123. The van der Waals surface area contributed by atoms with Crippen LogP contribution in [0.2, 0.25) is 0 Å². The molecule has 2 aliphatic rings. The monoisotopic (exact) mass is 246 g/mol. The summed E-state index contributed by atoms with van der Waals surface area (Å²) in [6.07, 6.45) is 4.06. The second-order valence-corrected chi connectivity index (χ2v) is 5.17. The van der Waals surface area contributed by atoms with E-state index in [4.69, 9.17) is 9.47 Å². The lowest BCUT2D eigenvalue weighted by Crippen LogP contribution is -2.26. The van der Waals surface area contributed by atoms with Crippen LogP contribution in [0.1, 0.15) is 24.8 Å². The van der Waals surface area contributed by atoms with E-state index < -0.39 is 0 Å². The summed E-state index contributed by atoms with van der Waals surface area (Å²) in [6, 6.07) is 7.74. The van der Waals surface area contributed by atoms with Gasteiger partial charge >= 0.3 is 0 Å². The predicted molar refractivity (Wildman–Crippen MR) is 67.7 cm³/mol. The molecule has 0 aliphatic carbocycles. The van der Waals surface area contributed by atoms with E-state index in [2.05, 4.69) is 0 Å². The van der Waals surface area contributed by atoms with E-state index in [1.807, 2.05) is 24.3 Å². The van der Waals surface area contributed by atoms with E-state index in [-0.39, 0.29) is 12.0 Å². The first-order valence-electron chi connectivity index (χ1n) is 6.58. The highest BCUT2D eigenvalue weighted by Crippen LogP contribution is 2.39. The molecule has 96 valence electrons. The minimum absolute atomic E-state index is 0.105. The lowest BCUT2D eigenvalue weighted by atomic mass is 9.84. The van der Waals surface area contributed by atoms with Gasteiger partial charge in [-0.2, -0.15) is 0 Å². The summed E-state index contributed by atoms with van der Waals surface area (Å²) in [5.74, 6) is 1.20. The quantitative estimate of drug-likeness (QED) is 0.818. The van der Waals surface area contributed by atoms with Gasteiger partial charge in [-0.25, -0.2) is 0 Å². The van der Waals surface area contributed by atoms with Crippen LogP contribution in [0, 0.1) is 5.92 Å². The zero-order valence-electron chi connectivity index (χ0n) is 10.6. The number of Topliss-reactive ketones (excluding diaryl/α,β-unsaturated/α-hetero) is 1. The Hall–Kier alpha value is -1.35. The van der Waals surface area contributed by atoms with E-state index in [0.717, 1.165) is 30.6 Å². The molecule has 2 saturated heterocycles. The number of hydrogen-bond acceptors (Lipinski definition) is 3. The van der Waals surface area contributed by atoms with Crippen LogP contribution >= 0.6 is 0 Å². The fourth-order valence-corrected chi connectivity index (χ4v) is 3.14. The minimum atomic E-state index is 0.105. The van der Waals surface area contributed by atoms with Crippen molar-refractivity contribution in [1.82, 2.24) is 0 Å². The van der Waals surface area contributed by atoms with E-state index >= 15 is 0 Å². The maximum atomic E-state index is 12.3. The third-order valence-corrected chi connectivity index (χ3v) is 4.08. The van der Waals surface area contributed by atoms with Gasteiger partial charge in [0.05, 0.1) is 19.3 Å². The standard InChI is InChI=1S/C15H18O3/c1-17-14-5-3-2-4-10(14)8-13(16)12-9-11-6-7-15(12)18-11/h2-5,11-12,15H,6-9H2,1H3. The number of ketones is 1. The molecule has 2 bridgehead atoms. The largest absolute Gasteiger partial charge is 0.496 e. The fraction of sp³-hybridized carbons (Fsp3) is 0.533. The third kappa shape index (κ3) is 2.03. The summed E-state index contributed by atoms with van der Waals surface area (Å²) in [6.45, 7) is 0. The van der Waals surface area contributed by atoms with Crippen molar-refractivity contribution in [2.24, 2.45) is 5.92 Å². The number of hydrogen-bond donors (Lipinski definition) is 0. The molecular weight excluding hydrogens is 228 g/mol. The van der Waals surface area contributed by atoms with Crippen LogP contribution < -0.4 is 4.74 Å². The van der Waals surface area contributed by atoms with Crippen molar-refractivity contribution in [1.29, 1.82) is 0 Å². The Morgan fingerprint density at radius 3 is 2.89 bits per heavy atom. The number of ether oxygens (including phenoxy) is 2. The van der Waals surface area contributed by atoms with E-state index in [1.54, 1.807) is 7.11 Å². The number of carbonyl (C=O) groups is 1. The average Bonchev–Trinajstić information content (AvgIpc) is 3.01. The van der Waals surface area contributed by atoms with Crippen molar-refractivity contribution in [2.75, 3.05) is 7.11 Å². The van der Waals surface area contributed by atoms with E-state index in [0.29, 0.717) is 18.3 Å². The first-order valence-corrected chi connectivity index (χ1v) is 6.58. The molecule has 1 aromatic rings. The summed E-state index contributed by atoms with van der Waals surface area (Å²) >= 11 is 0. The second-order valence-electron chi connectivity index (χ2n) is 5.17. The maximum absolute atomic E-state index is 12.3. The molecule has 3 unspecified atom stereocenters. The number of fused-ring (bicyclic) bond motifs is 2. The van der Waals surface area contributed by atoms with E-state index in [9.17, 15) is 4.79 Å². The van der Waals surface area contributed by atoms with Crippen LogP contribution in [0.3, 0.4) is 0 Å². The number of para-hydroxylation sites is 1. The van der Waals surface area contributed by atoms with Crippen molar-refractivity contribution in [3.63, 3.8) is 0 Å². The predicted octanol–water partition coefficient (Wildman–Crippen LogP) is 2.37. The molecule has 3 heteroatoms. The van der Waals surface area contributed by atoms with Crippen LogP contribution in [-0.2, 0) is 16.0 Å². The summed E-state index contributed by atoms with van der Waals surface area (Å²) in [5.41, 5.74) is 0.979. The van der Waals surface area contributed by atoms with E-state index in [1.165, 1.54) is 0 Å². The highest BCUT2D eigenvalue weighted by atomic mass is 16.5. The fourth-order valence-electron chi connectivity index (χ4n) is 3.14. The van der Waals surface area contributed by atoms with Crippen LogP contribution in [0.15, 0.2) is 24.3 Å². The van der Waals surface area contributed by atoms with Gasteiger partial charge in [-0.1, -0.05) is 18.2 Å². The number of benzene rings is 1. The summed E-state index contributed by atoms with van der Waals surface area (Å²) in [4.78, 5) is 12.3. The Bertz CT molecular complexity index is 455. The molecule has 0 aromatic heterocycles. The summed E-state index contributed by atoms with van der Waals surface area (Å²) < 4.78 is 11.0. The number of rotatable bonds is 4. The average molecular weight is 246 g/mol. The molecule has 0 radical (unpaired) electrons. The highest BCUT2D eigenvalue weighted by molar-refractivity contribution is 5.84. The molecule has 0 saturated carbocycles. The first-order chi connectivity index (χ1) is 8.78. The van der Waals surface area contributed by atoms with Gasteiger partial charge in [-0.05, 0) is 25.3 Å². The number of methoxy groups -OCH3 is 1. The molecule has 18 heavy (non-hydrogen) atoms. The number of carbonyl (C=O) groups excluding carboxylic acids is 1. The van der Waals surface area contributed by atoms with Gasteiger partial charge in [0.15, 0.2) is 0 Å². The Balaban J connectivity index is 1.71. The van der Waals surface area contributed by atoms with Crippen molar-refractivity contribution >= 4 is 5.78 Å².